The van der Waals surface area contributed by atoms with Gasteiger partial charge in [0.1, 0.15) is 5.69 Å². The number of rotatable bonds is 6. The average molecular weight is 250 g/mol. The molecule has 0 radical (unpaired) electrons. The molecule has 1 aromatic carbocycles. The van der Waals surface area contributed by atoms with Gasteiger partial charge < -0.3 is 26.2 Å². The molecular weight excluding hydrogens is 228 g/mol. The summed E-state index contributed by atoms with van der Waals surface area (Å²) in [6, 6.07) is 7.86. The molecule has 5 nitrogen and oxygen atoms in total. The number of fused-ring (bicyclic) bond motifs is 1. The second-order valence-corrected chi connectivity index (χ2v) is 4.79. The highest BCUT2D eigenvalue weighted by Crippen LogP contribution is 2.40. The first-order chi connectivity index (χ1) is 8.71. The number of nitrogens with zero attached hydrogens (tertiary/aromatic N) is 2. The van der Waals surface area contributed by atoms with Crippen molar-refractivity contribution < 1.29 is 0 Å². The Balaban J connectivity index is 2.21. The number of nitrogens with two attached hydrogens (primary N) is 2. The summed E-state index contributed by atoms with van der Waals surface area (Å²) in [7, 11) is 0. The summed E-state index contributed by atoms with van der Waals surface area (Å²) in [5.41, 5.74) is 13.0. The Bertz CT molecular complexity index is 398. The molecule has 18 heavy (non-hydrogen) atoms. The molecule has 0 bridgehead atoms. The summed E-state index contributed by atoms with van der Waals surface area (Å²) in [5.74, 6) is 0. The van der Waals surface area contributed by atoms with Crippen molar-refractivity contribution in [3.63, 3.8) is 0 Å². The third-order valence-electron chi connectivity index (χ3n) is 3.42. The molecule has 0 saturated carbocycles. The van der Waals surface area contributed by atoms with Crippen LogP contribution in [0.1, 0.15) is 12.8 Å². The molecule has 4 N–H and O–H groups in total. The monoisotopic (exact) mass is 250 g/mol. The first-order valence-corrected chi connectivity index (χ1v) is 6.54. The highest BCUT2D eigenvalue weighted by Gasteiger charge is 2.34. The van der Waals surface area contributed by atoms with Crippen LogP contribution in [0, 0.1) is 5.21 Å². The largest absolute Gasteiger partial charge is 0.626 e. The van der Waals surface area contributed by atoms with Gasteiger partial charge in [0, 0.05) is 19.0 Å². The zero-order valence-electron chi connectivity index (χ0n) is 10.7. The van der Waals surface area contributed by atoms with E-state index in [2.05, 4.69) is 4.90 Å². The predicted molar refractivity (Wildman–Crippen MR) is 76.0 cm³/mol. The Kier molecular flexibility index (Phi) is 4.19. The van der Waals surface area contributed by atoms with Crippen LogP contribution in [0.5, 0.6) is 0 Å². The van der Waals surface area contributed by atoms with Crippen molar-refractivity contribution in [1.82, 2.24) is 4.65 Å². The van der Waals surface area contributed by atoms with Crippen LogP contribution in [0.3, 0.4) is 0 Å². The molecule has 0 spiro atoms. The molecule has 1 aliphatic heterocycles. The minimum absolute atomic E-state index is 0.280. The van der Waals surface area contributed by atoms with Gasteiger partial charge in [-0.05, 0) is 25.6 Å². The fourth-order valence-electron chi connectivity index (χ4n) is 2.52. The third-order valence-corrected chi connectivity index (χ3v) is 3.42. The van der Waals surface area contributed by atoms with Gasteiger partial charge in [0.05, 0.1) is 6.54 Å². The van der Waals surface area contributed by atoms with Crippen molar-refractivity contribution in [2.75, 3.05) is 37.7 Å². The van der Waals surface area contributed by atoms with Crippen LogP contribution in [0.4, 0.5) is 11.4 Å². The molecule has 0 saturated heterocycles. The summed E-state index contributed by atoms with van der Waals surface area (Å²) < 4.78 is -0.280. The lowest BCUT2D eigenvalue weighted by Gasteiger charge is -2.38. The van der Waals surface area contributed by atoms with Crippen molar-refractivity contribution in [3.05, 3.63) is 29.5 Å². The summed E-state index contributed by atoms with van der Waals surface area (Å²) >= 11 is 0. The molecule has 1 aromatic rings. The SMILES string of the molecule is NCCCN1C[N+]([O-])(CCCN)c2ccccc21. The fourth-order valence-corrected chi connectivity index (χ4v) is 2.52. The van der Waals surface area contributed by atoms with Gasteiger partial charge in [0.25, 0.3) is 0 Å². The molecule has 0 aliphatic carbocycles. The van der Waals surface area contributed by atoms with Gasteiger partial charge in [-0.15, -0.1) is 0 Å². The number of hydrogen-bond acceptors (Lipinski definition) is 4. The predicted octanol–water partition coefficient (Wildman–Crippen LogP) is 0.967. The van der Waals surface area contributed by atoms with Crippen molar-refractivity contribution in [1.29, 1.82) is 0 Å². The Hall–Kier alpha value is -1.14. The van der Waals surface area contributed by atoms with Gasteiger partial charge in [-0.2, -0.15) is 0 Å². The number of hydroxylamine groups is 2. The molecule has 1 heterocycles. The minimum Gasteiger partial charge on any atom is -0.626 e. The Labute approximate surface area is 108 Å². The summed E-state index contributed by atoms with van der Waals surface area (Å²) in [4.78, 5) is 2.14. The van der Waals surface area contributed by atoms with E-state index in [4.69, 9.17) is 11.5 Å². The highest BCUT2D eigenvalue weighted by atomic mass is 16.6. The van der Waals surface area contributed by atoms with Crippen molar-refractivity contribution in [3.8, 4) is 0 Å². The summed E-state index contributed by atoms with van der Waals surface area (Å²) in [6.07, 6.45) is 1.66. The standard InChI is InChI=1S/C13H22N4O/c14-7-3-9-16-11-17(18,10-4-8-15)13-6-2-1-5-12(13)16/h1-2,5-6H,3-4,7-11,14-15H2. The highest BCUT2D eigenvalue weighted by molar-refractivity contribution is 5.74. The van der Waals surface area contributed by atoms with Crippen LogP contribution in [0.25, 0.3) is 0 Å². The van der Waals surface area contributed by atoms with Crippen LogP contribution in [0.15, 0.2) is 24.3 Å². The Morgan fingerprint density at radius 1 is 1.17 bits per heavy atom. The van der Waals surface area contributed by atoms with Crippen molar-refractivity contribution in [2.45, 2.75) is 12.8 Å². The molecule has 5 heteroatoms. The van der Waals surface area contributed by atoms with Crippen LogP contribution >= 0.6 is 0 Å². The molecule has 1 atom stereocenters. The molecule has 1 aliphatic rings. The van der Waals surface area contributed by atoms with E-state index < -0.39 is 0 Å². The molecule has 0 amide bonds. The zero-order valence-corrected chi connectivity index (χ0v) is 10.7. The topological polar surface area (TPSA) is 78.3 Å². The normalized spacial score (nSPS) is 22.3. The second-order valence-electron chi connectivity index (χ2n) is 4.79. The molecule has 0 aromatic heterocycles. The number of hydrogen-bond donors (Lipinski definition) is 2. The van der Waals surface area contributed by atoms with E-state index in [1.54, 1.807) is 0 Å². The van der Waals surface area contributed by atoms with Gasteiger partial charge in [-0.1, -0.05) is 12.1 Å². The zero-order chi connectivity index (χ0) is 13.0. The maximum Gasteiger partial charge on any atom is 0.159 e. The van der Waals surface area contributed by atoms with E-state index in [9.17, 15) is 5.21 Å². The van der Waals surface area contributed by atoms with Crippen LogP contribution in [-0.4, -0.2) is 32.8 Å². The van der Waals surface area contributed by atoms with Gasteiger partial charge >= 0.3 is 0 Å². The third kappa shape index (κ3) is 2.49. The summed E-state index contributed by atoms with van der Waals surface area (Å²) in [5, 5.41) is 12.9. The molecule has 0 fully saturated rings. The number of quaternary nitrogens is 1. The van der Waals surface area contributed by atoms with Crippen LogP contribution < -0.4 is 21.0 Å². The smallest absolute Gasteiger partial charge is 0.159 e. The minimum atomic E-state index is -0.280. The van der Waals surface area contributed by atoms with Gasteiger partial charge in [0.15, 0.2) is 12.4 Å². The first kappa shape index (κ1) is 13.3. The maximum atomic E-state index is 12.9. The molecule has 2 rings (SSSR count). The van der Waals surface area contributed by atoms with E-state index in [0.717, 1.165) is 30.8 Å². The lowest BCUT2D eigenvalue weighted by atomic mass is 10.2. The van der Waals surface area contributed by atoms with Crippen LogP contribution in [0.2, 0.25) is 0 Å². The quantitative estimate of drug-likeness (QED) is 0.582. The number of benzene rings is 1. The Morgan fingerprint density at radius 2 is 1.89 bits per heavy atom. The average Bonchev–Trinajstić information content (AvgIpc) is 2.68. The van der Waals surface area contributed by atoms with Crippen molar-refractivity contribution >= 4 is 11.4 Å². The second kappa shape index (κ2) is 5.67. The molecular formula is C13H22N4O. The Morgan fingerprint density at radius 3 is 2.61 bits per heavy atom. The first-order valence-electron chi connectivity index (χ1n) is 6.54. The van der Waals surface area contributed by atoms with E-state index >= 15 is 0 Å². The number of anilines is 1. The molecule has 1 unspecified atom stereocenters. The van der Waals surface area contributed by atoms with Gasteiger partial charge in [-0.25, -0.2) is 0 Å². The van der Waals surface area contributed by atoms with E-state index in [1.807, 2.05) is 24.3 Å². The number of para-hydroxylation sites is 2. The van der Waals surface area contributed by atoms with Gasteiger partial charge in [-0.3, -0.25) is 0 Å². The van der Waals surface area contributed by atoms with Crippen LogP contribution in [-0.2, 0) is 0 Å². The van der Waals surface area contributed by atoms with E-state index in [1.165, 1.54) is 0 Å². The van der Waals surface area contributed by atoms with E-state index in [-0.39, 0.29) is 4.65 Å². The van der Waals surface area contributed by atoms with Gasteiger partial charge in [0.2, 0.25) is 0 Å². The maximum absolute atomic E-state index is 12.9. The fraction of sp³-hybridized carbons (Fsp3) is 0.538. The van der Waals surface area contributed by atoms with E-state index in [0.29, 0.717) is 26.3 Å². The summed E-state index contributed by atoms with van der Waals surface area (Å²) in [6.45, 7) is 3.10. The van der Waals surface area contributed by atoms with Crippen molar-refractivity contribution in [2.24, 2.45) is 11.5 Å². The molecule has 100 valence electrons. The lowest BCUT2D eigenvalue weighted by molar-refractivity contribution is 0.385. The lowest BCUT2D eigenvalue weighted by Crippen LogP contribution is -2.47.